The molecule has 0 aliphatic rings. The summed E-state index contributed by atoms with van der Waals surface area (Å²) in [5, 5.41) is 3.34. The summed E-state index contributed by atoms with van der Waals surface area (Å²) in [6.45, 7) is 4.51. The van der Waals surface area contributed by atoms with Gasteiger partial charge in [0.2, 0.25) is 5.91 Å². The Balaban J connectivity index is 1.69. The number of hydrogen-bond acceptors (Lipinski definition) is 5. The molecule has 0 fully saturated rings. The van der Waals surface area contributed by atoms with E-state index in [1.54, 1.807) is 42.5 Å². The van der Waals surface area contributed by atoms with E-state index in [2.05, 4.69) is 15.3 Å². The third-order valence-corrected chi connectivity index (χ3v) is 4.40. The van der Waals surface area contributed by atoms with Crippen molar-refractivity contribution in [2.75, 3.05) is 18.4 Å². The molecule has 2 N–H and O–H groups in total. The third kappa shape index (κ3) is 4.69. The van der Waals surface area contributed by atoms with Gasteiger partial charge in [-0.25, -0.2) is 4.98 Å². The Morgan fingerprint density at radius 2 is 1.93 bits per heavy atom. The SMILES string of the molecule is CCN(CC(=O)Nc1cccc(C(C)=O)c1)Cc1nc2ccccc2c(=O)[nH]1. The van der Waals surface area contributed by atoms with Crippen LogP contribution in [0.4, 0.5) is 5.69 Å². The number of para-hydroxylation sites is 1. The average Bonchev–Trinajstić information content (AvgIpc) is 2.67. The zero-order chi connectivity index (χ0) is 20.1. The van der Waals surface area contributed by atoms with Crippen LogP contribution in [-0.2, 0) is 11.3 Å². The van der Waals surface area contributed by atoms with Gasteiger partial charge in [-0.2, -0.15) is 0 Å². The van der Waals surface area contributed by atoms with Crippen LogP contribution < -0.4 is 10.9 Å². The fourth-order valence-corrected chi connectivity index (χ4v) is 2.92. The number of ketones is 1. The molecular weight excluding hydrogens is 356 g/mol. The van der Waals surface area contributed by atoms with Crippen LogP contribution in [0.25, 0.3) is 10.9 Å². The summed E-state index contributed by atoms with van der Waals surface area (Å²) in [5.74, 6) is 0.250. The molecule has 0 aliphatic carbocycles. The van der Waals surface area contributed by atoms with E-state index in [1.165, 1.54) is 6.92 Å². The number of aromatic nitrogens is 2. The minimum Gasteiger partial charge on any atom is -0.325 e. The maximum atomic E-state index is 12.4. The number of carbonyl (C=O) groups excluding carboxylic acids is 2. The molecule has 0 atom stereocenters. The zero-order valence-electron chi connectivity index (χ0n) is 15.9. The lowest BCUT2D eigenvalue weighted by Gasteiger charge is -2.19. The van der Waals surface area contributed by atoms with Gasteiger partial charge in [-0.3, -0.25) is 19.3 Å². The van der Waals surface area contributed by atoms with Gasteiger partial charge < -0.3 is 10.3 Å². The molecule has 0 unspecified atom stereocenters. The summed E-state index contributed by atoms with van der Waals surface area (Å²) in [5.41, 5.74) is 1.55. The van der Waals surface area contributed by atoms with Gasteiger partial charge in [-0.05, 0) is 37.7 Å². The molecule has 1 amide bonds. The number of H-pyrrole nitrogens is 1. The molecule has 28 heavy (non-hydrogen) atoms. The molecule has 3 aromatic rings. The Morgan fingerprint density at radius 1 is 1.14 bits per heavy atom. The van der Waals surface area contributed by atoms with Crippen LogP contribution in [0.1, 0.15) is 30.0 Å². The molecule has 0 bridgehead atoms. The minimum atomic E-state index is -0.203. The first-order chi connectivity index (χ1) is 13.5. The molecule has 0 spiro atoms. The maximum absolute atomic E-state index is 12.4. The fourth-order valence-electron chi connectivity index (χ4n) is 2.92. The highest BCUT2D eigenvalue weighted by atomic mass is 16.2. The quantitative estimate of drug-likeness (QED) is 0.616. The number of nitrogens with zero attached hydrogens (tertiary/aromatic N) is 2. The van der Waals surface area contributed by atoms with Crippen molar-refractivity contribution in [3.63, 3.8) is 0 Å². The lowest BCUT2D eigenvalue weighted by molar-refractivity contribution is -0.117. The van der Waals surface area contributed by atoms with Crippen LogP contribution in [0.15, 0.2) is 53.3 Å². The first-order valence-corrected chi connectivity index (χ1v) is 9.07. The normalized spacial score (nSPS) is 11.0. The summed E-state index contributed by atoms with van der Waals surface area (Å²) in [4.78, 5) is 45.2. The second kappa shape index (κ2) is 8.58. The maximum Gasteiger partial charge on any atom is 0.258 e. The highest BCUT2D eigenvalue weighted by Gasteiger charge is 2.13. The summed E-state index contributed by atoms with van der Waals surface area (Å²) < 4.78 is 0. The molecule has 7 nitrogen and oxygen atoms in total. The Morgan fingerprint density at radius 3 is 2.68 bits per heavy atom. The molecule has 1 heterocycles. The second-order valence-corrected chi connectivity index (χ2v) is 6.52. The topological polar surface area (TPSA) is 95.2 Å². The Kier molecular flexibility index (Phi) is 5.96. The zero-order valence-corrected chi connectivity index (χ0v) is 15.9. The fraction of sp³-hybridized carbons (Fsp3) is 0.238. The van der Waals surface area contributed by atoms with Crippen molar-refractivity contribution >= 4 is 28.3 Å². The highest BCUT2D eigenvalue weighted by molar-refractivity contribution is 5.97. The van der Waals surface area contributed by atoms with E-state index in [1.807, 2.05) is 17.9 Å². The van der Waals surface area contributed by atoms with Crippen molar-refractivity contribution in [2.45, 2.75) is 20.4 Å². The third-order valence-electron chi connectivity index (χ3n) is 4.40. The van der Waals surface area contributed by atoms with Crippen LogP contribution in [0.2, 0.25) is 0 Å². The lowest BCUT2D eigenvalue weighted by atomic mass is 10.1. The standard InChI is InChI=1S/C21H22N4O3/c1-3-25(12-19-23-18-10-5-4-9-17(18)21(28)24-19)13-20(27)22-16-8-6-7-15(11-16)14(2)26/h4-11H,3,12-13H2,1-2H3,(H,22,27)(H,23,24,28). The van der Waals surface area contributed by atoms with Gasteiger partial charge in [0.15, 0.2) is 5.78 Å². The first-order valence-electron chi connectivity index (χ1n) is 9.07. The number of nitrogens with one attached hydrogen (secondary N) is 2. The number of amides is 1. The van der Waals surface area contributed by atoms with E-state index in [0.29, 0.717) is 41.1 Å². The summed E-state index contributed by atoms with van der Waals surface area (Å²) in [6.07, 6.45) is 0. The van der Waals surface area contributed by atoms with Crippen molar-refractivity contribution in [1.29, 1.82) is 0 Å². The van der Waals surface area contributed by atoms with Crippen LogP contribution in [0, 0.1) is 0 Å². The van der Waals surface area contributed by atoms with Gasteiger partial charge in [-0.1, -0.05) is 31.2 Å². The number of likely N-dealkylation sites (N-methyl/N-ethyl adjacent to an activating group) is 1. The first kappa shape index (κ1) is 19.4. The minimum absolute atomic E-state index is 0.0578. The molecule has 1 aromatic heterocycles. The lowest BCUT2D eigenvalue weighted by Crippen LogP contribution is -2.33. The molecular formula is C21H22N4O3. The van der Waals surface area contributed by atoms with Gasteiger partial charge in [0.05, 0.1) is 24.0 Å². The highest BCUT2D eigenvalue weighted by Crippen LogP contribution is 2.12. The Labute approximate surface area is 162 Å². The summed E-state index contributed by atoms with van der Waals surface area (Å²) in [7, 11) is 0. The molecule has 2 aromatic carbocycles. The monoisotopic (exact) mass is 378 g/mol. The van der Waals surface area contributed by atoms with Crippen LogP contribution in [0.5, 0.6) is 0 Å². The molecule has 7 heteroatoms. The van der Waals surface area contributed by atoms with Gasteiger partial charge >= 0.3 is 0 Å². The van der Waals surface area contributed by atoms with E-state index in [9.17, 15) is 14.4 Å². The van der Waals surface area contributed by atoms with E-state index in [4.69, 9.17) is 0 Å². The average molecular weight is 378 g/mol. The van der Waals surface area contributed by atoms with Crippen LogP contribution >= 0.6 is 0 Å². The number of anilines is 1. The van der Waals surface area contributed by atoms with Crippen molar-refractivity contribution in [1.82, 2.24) is 14.9 Å². The number of benzene rings is 2. The molecule has 0 saturated heterocycles. The molecule has 0 aliphatic heterocycles. The Bertz CT molecular complexity index is 1070. The largest absolute Gasteiger partial charge is 0.325 e. The Hall–Kier alpha value is -3.32. The molecule has 144 valence electrons. The second-order valence-electron chi connectivity index (χ2n) is 6.52. The van der Waals surface area contributed by atoms with Gasteiger partial charge in [0.25, 0.3) is 5.56 Å². The number of rotatable bonds is 7. The number of Topliss-reactive ketones (excluding diaryl/α,β-unsaturated/α-hetero) is 1. The van der Waals surface area contributed by atoms with E-state index >= 15 is 0 Å². The predicted molar refractivity (Wildman–Crippen MR) is 108 cm³/mol. The van der Waals surface area contributed by atoms with E-state index in [-0.39, 0.29) is 23.8 Å². The predicted octanol–water partition coefficient (Wildman–Crippen LogP) is 2.59. The van der Waals surface area contributed by atoms with Crippen molar-refractivity contribution in [3.8, 4) is 0 Å². The van der Waals surface area contributed by atoms with Gasteiger partial charge in [0, 0.05) is 11.3 Å². The van der Waals surface area contributed by atoms with Gasteiger partial charge in [0.1, 0.15) is 5.82 Å². The van der Waals surface area contributed by atoms with E-state index in [0.717, 1.165) is 0 Å². The van der Waals surface area contributed by atoms with Crippen molar-refractivity contribution in [2.24, 2.45) is 0 Å². The number of aromatic amines is 1. The van der Waals surface area contributed by atoms with Crippen molar-refractivity contribution < 1.29 is 9.59 Å². The number of hydrogen-bond donors (Lipinski definition) is 2. The summed E-state index contributed by atoms with van der Waals surface area (Å²) >= 11 is 0. The van der Waals surface area contributed by atoms with Crippen LogP contribution in [0.3, 0.4) is 0 Å². The van der Waals surface area contributed by atoms with Gasteiger partial charge in [-0.15, -0.1) is 0 Å². The van der Waals surface area contributed by atoms with Crippen LogP contribution in [-0.4, -0.2) is 39.6 Å². The number of carbonyl (C=O) groups is 2. The molecule has 0 saturated carbocycles. The smallest absolute Gasteiger partial charge is 0.258 e. The van der Waals surface area contributed by atoms with E-state index < -0.39 is 0 Å². The number of fused-ring (bicyclic) bond motifs is 1. The summed E-state index contributed by atoms with van der Waals surface area (Å²) in [6, 6.07) is 14.0. The van der Waals surface area contributed by atoms with Crippen molar-refractivity contribution in [3.05, 3.63) is 70.3 Å². The molecule has 0 radical (unpaired) electrons. The molecule has 3 rings (SSSR count).